The van der Waals surface area contributed by atoms with Gasteiger partial charge in [-0.15, -0.1) is 11.3 Å². The first-order valence-corrected chi connectivity index (χ1v) is 7.62. The van der Waals surface area contributed by atoms with Crippen molar-refractivity contribution in [2.24, 2.45) is 0 Å². The lowest BCUT2D eigenvalue weighted by molar-refractivity contribution is 0.988. The van der Waals surface area contributed by atoms with Crippen LogP contribution in [0.4, 0.5) is 5.82 Å². The summed E-state index contributed by atoms with van der Waals surface area (Å²) in [6, 6.07) is 10.0. The number of hydrogen-bond acceptors (Lipinski definition) is 4. The maximum atomic E-state index is 6.20. The van der Waals surface area contributed by atoms with Crippen LogP contribution in [-0.2, 0) is 6.42 Å². The highest BCUT2D eigenvalue weighted by Crippen LogP contribution is 2.24. The van der Waals surface area contributed by atoms with E-state index in [-0.39, 0.29) is 0 Å². The normalized spacial score (nSPS) is 10.9. The number of thiazole rings is 1. The lowest BCUT2D eigenvalue weighted by atomic mass is 10.2. The van der Waals surface area contributed by atoms with Gasteiger partial charge in [0.05, 0.1) is 5.01 Å². The predicted molar refractivity (Wildman–Crippen MR) is 85.8 cm³/mol. The Kier molecular flexibility index (Phi) is 3.85. The number of pyridine rings is 1. The number of hydrogen-bond donors (Lipinski definition) is 1. The summed E-state index contributed by atoms with van der Waals surface area (Å²) in [5, 5.41) is 7.06. The summed E-state index contributed by atoms with van der Waals surface area (Å²) >= 11 is 7.93. The Balaban J connectivity index is 1.71. The van der Waals surface area contributed by atoms with Gasteiger partial charge in [0.15, 0.2) is 0 Å². The summed E-state index contributed by atoms with van der Waals surface area (Å²) < 4.78 is 0. The molecule has 1 N–H and O–H groups in total. The molecule has 0 saturated carbocycles. The molecule has 0 aliphatic carbocycles. The molecule has 0 aliphatic rings. The zero-order valence-electron chi connectivity index (χ0n) is 11.1. The first kappa shape index (κ1) is 13.3. The maximum absolute atomic E-state index is 6.20. The van der Waals surface area contributed by atoms with Gasteiger partial charge in [-0.25, -0.2) is 9.97 Å². The maximum Gasteiger partial charge on any atom is 0.139 e. The van der Waals surface area contributed by atoms with Gasteiger partial charge in [0.25, 0.3) is 0 Å². The molecule has 3 rings (SSSR count). The number of nitrogens with one attached hydrogen (secondary N) is 1. The quantitative estimate of drug-likeness (QED) is 0.730. The highest BCUT2D eigenvalue weighted by atomic mass is 35.5. The van der Waals surface area contributed by atoms with Gasteiger partial charge < -0.3 is 5.32 Å². The number of aryl methyl sites for hydroxylation is 1. The van der Waals surface area contributed by atoms with Crippen molar-refractivity contribution in [3.63, 3.8) is 0 Å². The van der Waals surface area contributed by atoms with Gasteiger partial charge >= 0.3 is 0 Å². The molecule has 2 heterocycles. The molecule has 0 aliphatic heterocycles. The number of benzene rings is 1. The minimum absolute atomic E-state index is 0.538. The van der Waals surface area contributed by atoms with E-state index in [1.807, 2.05) is 36.5 Å². The second-order valence-electron chi connectivity index (χ2n) is 4.56. The summed E-state index contributed by atoms with van der Waals surface area (Å²) in [4.78, 5) is 9.96. The van der Waals surface area contributed by atoms with Crippen LogP contribution in [0.25, 0.3) is 10.8 Å². The van der Waals surface area contributed by atoms with Crippen LogP contribution >= 0.6 is 22.9 Å². The molecule has 0 amide bonds. The van der Waals surface area contributed by atoms with Crippen molar-refractivity contribution in [3.8, 4) is 0 Å². The third-order valence-electron chi connectivity index (χ3n) is 3.01. The van der Waals surface area contributed by atoms with Gasteiger partial charge in [-0.2, -0.15) is 0 Å². The molecule has 0 spiro atoms. The van der Waals surface area contributed by atoms with Crippen LogP contribution in [0.5, 0.6) is 0 Å². The second-order valence-corrected chi connectivity index (χ2v) is 6.24. The lowest BCUT2D eigenvalue weighted by Gasteiger charge is -2.07. The van der Waals surface area contributed by atoms with Crippen LogP contribution in [0.15, 0.2) is 36.5 Å². The summed E-state index contributed by atoms with van der Waals surface area (Å²) in [6.07, 6.45) is 2.80. The Bertz CT molecular complexity index is 739. The van der Waals surface area contributed by atoms with Crippen molar-refractivity contribution in [3.05, 3.63) is 51.6 Å². The van der Waals surface area contributed by atoms with Crippen molar-refractivity contribution in [2.75, 3.05) is 11.9 Å². The Hall–Kier alpha value is -1.65. The summed E-state index contributed by atoms with van der Waals surface area (Å²) in [7, 11) is 0. The molecular formula is C15H14ClN3S. The average Bonchev–Trinajstić information content (AvgIpc) is 2.85. The van der Waals surface area contributed by atoms with Gasteiger partial charge in [-0.1, -0.05) is 35.9 Å². The first-order chi connectivity index (χ1) is 9.72. The minimum Gasteiger partial charge on any atom is -0.370 e. The molecule has 0 radical (unpaired) electrons. The van der Waals surface area contributed by atoms with Crippen LogP contribution in [0, 0.1) is 6.92 Å². The number of rotatable bonds is 4. The average molecular weight is 304 g/mol. The van der Waals surface area contributed by atoms with E-state index >= 15 is 0 Å². The largest absolute Gasteiger partial charge is 0.370 e. The van der Waals surface area contributed by atoms with Crippen molar-refractivity contribution in [1.82, 2.24) is 9.97 Å². The lowest BCUT2D eigenvalue weighted by Crippen LogP contribution is -2.06. The molecule has 5 heteroatoms. The summed E-state index contributed by atoms with van der Waals surface area (Å²) in [5.41, 5.74) is 0. The topological polar surface area (TPSA) is 37.8 Å². The second kappa shape index (κ2) is 5.77. The SMILES string of the molecule is Cc1cnc(CCNc2cc3ccccc3c(Cl)n2)s1. The smallest absolute Gasteiger partial charge is 0.139 e. The molecule has 0 atom stereocenters. The van der Waals surface area contributed by atoms with Crippen molar-refractivity contribution in [2.45, 2.75) is 13.3 Å². The molecule has 0 bridgehead atoms. The molecule has 20 heavy (non-hydrogen) atoms. The standard InChI is InChI=1S/C15H14ClN3S/c1-10-9-18-14(20-10)6-7-17-13-8-11-4-2-3-5-12(11)15(16)19-13/h2-5,8-9H,6-7H2,1H3,(H,17,19). The fraction of sp³-hybridized carbons (Fsp3) is 0.200. The van der Waals surface area contributed by atoms with Gasteiger partial charge in [0.1, 0.15) is 11.0 Å². The molecule has 3 nitrogen and oxygen atoms in total. The van der Waals surface area contributed by atoms with Crippen molar-refractivity contribution >= 4 is 39.5 Å². The Morgan fingerprint density at radius 3 is 2.95 bits per heavy atom. The molecule has 0 unspecified atom stereocenters. The molecule has 1 aromatic carbocycles. The van der Waals surface area contributed by atoms with Gasteiger partial charge in [0.2, 0.25) is 0 Å². The zero-order valence-corrected chi connectivity index (χ0v) is 12.6. The van der Waals surface area contributed by atoms with E-state index in [0.717, 1.165) is 34.6 Å². The van der Waals surface area contributed by atoms with E-state index in [4.69, 9.17) is 11.6 Å². The van der Waals surface area contributed by atoms with Crippen LogP contribution < -0.4 is 5.32 Å². The summed E-state index contributed by atoms with van der Waals surface area (Å²) in [5.74, 6) is 0.807. The zero-order chi connectivity index (χ0) is 13.9. The molecule has 0 saturated heterocycles. The Morgan fingerprint density at radius 1 is 1.30 bits per heavy atom. The fourth-order valence-electron chi connectivity index (χ4n) is 2.06. The fourth-order valence-corrected chi connectivity index (χ4v) is 3.11. The molecule has 0 fully saturated rings. The number of aromatic nitrogens is 2. The van der Waals surface area contributed by atoms with E-state index in [9.17, 15) is 0 Å². The van der Waals surface area contributed by atoms with E-state index in [1.165, 1.54) is 4.88 Å². The van der Waals surface area contributed by atoms with E-state index in [0.29, 0.717) is 5.15 Å². The number of nitrogens with zero attached hydrogens (tertiary/aromatic N) is 2. The van der Waals surface area contributed by atoms with E-state index in [2.05, 4.69) is 22.2 Å². The third-order valence-corrected chi connectivity index (χ3v) is 4.27. The Labute approximate surface area is 126 Å². The number of anilines is 1. The predicted octanol–water partition coefficient (Wildman–Crippen LogP) is 4.31. The minimum atomic E-state index is 0.538. The number of fused-ring (bicyclic) bond motifs is 1. The Morgan fingerprint density at radius 2 is 2.15 bits per heavy atom. The third kappa shape index (κ3) is 2.92. The van der Waals surface area contributed by atoms with Gasteiger partial charge in [-0.3, -0.25) is 0 Å². The number of halogens is 1. The highest BCUT2D eigenvalue weighted by Gasteiger charge is 2.04. The van der Waals surface area contributed by atoms with Crippen LogP contribution in [0.3, 0.4) is 0 Å². The van der Waals surface area contributed by atoms with E-state index < -0.39 is 0 Å². The van der Waals surface area contributed by atoms with Crippen molar-refractivity contribution in [1.29, 1.82) is 0 Å². The monoisotopic (exact) mass is 303 g/mol. The molecule has 3 aromatic rings. The van der Waals surface area contributed by atoms with Crippen LogP contribution in [0.2, 0.25) is 5.15 Å². The summed E-state index contributed by atoms with van der Waals surface area (Å²) in [6.45, 7) is 2.87. The highest BCUT2D eigenvalue weighted by molar-refractivity contribution is 7.11. The molecular weight excluding hydrogens is 290 g/mol. The van der Waals surface area contributed by atoms with Crippen molar-refractivity contribution < 1.29 is 0 Å². The van der Waals surface area contributed by atoms with Gasteiger partial charge in [-0.05, 0) is 18.4 Å². The van der Waals surface area contributed by atoms with Crippen LogP contribution in [0.1, 0.15) is 9.88 Å². The molecule has 102 valence electrons. The molecule has 2 aromatic heterocycles. The van der Waals surface area contributed by atoms with Crippen LogP contribution in [-0.4, -0.2) is 16.5 Å². The van der Waals surface area contributed by atoms with E-state index in [1.54, 1.807) is 11.3 Å². The van der Waals surface area contributed by atoms with Gasteiger partial charge in [0, 0.05) is 29.4 Å². The first-order valence-electron chi connectivity index (χ1n) is 6.43.